The molecule has 0 aliphatic carbocycles. The molecule has 27 heavy (non-hydrogen) atoms. The van der Waals surface area contributed by atoms with Crippen LogP contribution in [-0.2, 0) is 0 Å². The van der Waals surface area contributed by atoms with Crippen molar-refractivity contribution in [3.63, 3.8) is 0 Å². The average Bonchev–Trinajstić information content (AvgIpc) is 3.29. The third-order valence-corrected chi connectivity index (χ3v) is 8.88. The quantitative estimate of drug-likeness (QED) is 0.370. The third-order valence-electron chi connectivity index (χ3n) is 4.75. The Bertz CT molecular complexity index is 955. The van der Waals surface area contributed by atoms with Gasteiger partial charge in [0.25, 0.3) is 5.50 Å². The predicted octanol–water partition coefficient (Wildman–Crippen LogP) is 4.46. The molecule has 0 aliphatic heterocycles. The number of ketones is 1. The molecule has 0 unspecified atom stereocenters. The van der Waals surface area contributed by atoms with Crippen LogP contribution in [0.2, 0.25) is 0 Å². The second kappa shape index (κ2) is 7.73. The number of carbonyl (C=O) groups is 1. The Morgan fingerprint density at radius 2 is 1.19 bits per heavy atom. The van der Waals surface area contributed by atoms with Gasteiger partial charge in [0.2, 0.25) is 5.78 Å². The Morgan fingerprint density at radius 3 is 1.67 bits per heavy atom. The minimum absolute atomic E-state index is 0.132. The van der Waals surface area contributed by atoms with Gasteiger partial charge in [-0.1, -0.05) is 66.7 Å². The van der Waals surface area contributed by atoms with Crippen molar-refractivity contribution >= 4 is 29.2 Å². The summed E-state index contributed by atoms with van der Waals surface area (Å²) in [5.74, 6) is 0.132. The van der Waals surface area contributed by atoms with Gasteiger partial charge in [0.15, 0.2) is 7.26 Å². The number of furan rings is 1. The first-order valence-electron chi connectivity index (χ1n) is 8.92. The van der Waals surface area contributed by atoms with Crippen LogP contribution in [0.25, 0.3) is 0 Å². The normalized spacial score (nSPS) is 11.3. The molecule has 0 radical (unpaired) electrons. The molecule has 0 aliphatic rings. The zero-order valence-electron chi connectivity index (χ0n) is 14.9. The van der Waals surface area contributed by atoms with Crippen LogP contribution in [0.4, 0.5) is 0 Å². The highest BCUT2D eigenvalue weighted by Gasteiger charge is 2.50. The van der Waals surface area contributed by atoms with E-state index in [-0.39, 0.29) is 5.78 Å². The van der Waals surface area contributed by atoms with Gasteiger partial charge in [-0.15, -0.1) is 0 Å². The molecule has 4 aromatic rings. The first kappa shape index (κ1) is 17.5. The predicted molar refractivity (Wildman–Crippen MR) is 113 cm³/mol. The summed E-state index contributed by atoms with van der Waals surface area (Å²) in [6, 6.07) is 34.0. The van der Waals surface area contributed by atoms with Crippen molar-refractivity contribution in [2.45, 2.75) is 0 Å². The Balaban J connectivity index is 1.92. The summed E-state index contributed by atoms with van der Waals surface area (Å²) in [7, 11) is -2.24. The van der Waals surface area contributed by atoms with Crippen molar-refractivity contribution in [3.05, 3.63) is 115 Å². The van der Waals surface area contributed by atoms with Crippen molar-refractivity contribution in [2.24, 2.45) is 0 Å². The molecule has 0 amide bonds. The van der Waals surface area contributed by atoms with Gasteiger partial charge in [-0.05, 0) is 30.3 Å². The van der Waals surface area contributed by atoms with Gasteiger partial charge in [-0.2, -0.15) is 0 Å². The van der Waals surface area contributed by atoms with E-state index in [9.17, 15) is 4.79 Å². The summed E-state index contributed by atoms with van der Waals surface area (Å²) in [6.07, 6.45) is 2.10. The van der Waals surface area contributed by atoms with Gasteiger partial charge >= 0.3 is 0 Å². The number of rotatable bonds is 6. The Kier molecular flexibility index (Phi) is 5.00. The first-order valence-corrected chi connectivity index (χ1v) is 10.9. The molecule has 0 N–H and O–H groups in total. The highest BCUT2D eigenvalue weighted by atomic mass is 31.2. The lowest BCUT2D eigenvalue weighted by molar-refractivity contribution is 0.102. The molecule has 4 rings (SSSR count). The second-order valence-corrected chi connectivity index (χ2v) is 9.79. The number of hydrogen-bond donors (Lipinski definition) is 0. The summed E-state index contributed by atoms with van der Waals surface area (Å²) in [5.41, 5.74) is 1.62. The van der Waals surface area contributed by atoms with Crippen LogP contribution in [0.3, 0.4) is 0 Å². The van der Waals surface area contributed by atoms with Gasteiger partial charge < -0.3 is 4.42 Å². The van der Waals surface area contributed by atoms with Crippen molar-refractivity contribution in [1.29, 1.82) is 0 Å². The summed E-state index contributed by atoms with van der Waals surface area (Å²) < 4.78 is 5.94. The highest BCUT2D eigenvalue weighted by molar-refractivity contribution is 7.96. The minimum atomic E-state index is -2.24. The van der Waals surface area contributed by atoms with Gasteiger partial charge in [0.1, 0.15) is 16.8 Å². The van der Waals surface area contributed by atoms with Crippen molar-refractivity contribution in [3.8, 4) is 0 Å². The van der Waals surface area contributed by atoms with Crippen LogP contribution >= 0.6 is 7.26 Å². The molecule has 0 saturated heterocycles. The maximum Gasteiger partial charge on any atom is 0.256 e. The fourth-order valence-corrected chi connectivity index (χ4v) is 7.33. The van der Waals surface area contributed by atoms with Crippen LogP contribution in [0, 0.1) is 0 Å². The monoisotopic (exact) mass is 371 g/mol. The van der Waals surface area contributed by atoms with E-state index in [0.717, 1.165) is 21.7 Å². The van der Waals surface area contributed by atoms with Crippen LogP contribution in [0.1, 0.15) is 10.4 Å². The second-order valence-electron chi connectivity index (χ2n) is 6.38. The molecule has 3 heteroatoms. The molecular formula is C24H20O2P+. The number of Topliss-reactive ketones (excluding diaryl/α,β-unsaturated/α-hetero) is 1. The molecule has 0 bridgehead atoms. The highest BCUT2D eigenvalue weighted by Crippen LogP contribution is 2.55. The zero-order valence-corrected chi connectivity index (χ0v) is 15.8. The Hall–Kier alpha value is -2.96. The van der Waals surface area contributed by atoms with Gasteiger partial charge in [-0.25, -0.2) is 0 Å². The van der Waals surface area contributed by atoms with E-state index in [1.807, 2.05) is 78.9 Å². The van der Waals surface area contributed by atoms with Crippen molar-refractivity contribution in [1.82, 2.24) is 0 Å². The fraction of sp³-hybridized carbons (Fsp3) is 0.0417. The van der Waals surface area contributed by atoms with Gasteiger partial charge in [0, 0.05) is 11.6 Å². The average molecular weight is 371 g/mol. The van der Waals surface area contributed by atoms with E-state index < -0.39 is 7.26 Å². The lowest BCUT2D eigenvalue weighted by atomic mass is 10.2. The summed E-state index contributed by atoms with van der Waals surface area (Å²) in [4.78, 5) is 13.3. The smallest absolute Gasteiger partial charge is 0.256 e. The molecule has 132 valence electrons. The molecule has 0 spiro atoms. The minimum Gasteiger partial charge on any atom is -0.434 e. The molecule has 2 nitrogen and oxygen atoms in total. The Morgan fingerprint density at radius 1 is 0.667 bits per heavy atom. The van der Waals surface area contributed by atoms with E-state index in [4.69, 9.17) is 4.42 Å². The van der Waals surface area contributed by atoms with Crippen molar-refractivity contribution in [2.75, 3.05) is 6.16 Å². The van der Waals surface area contributed by atoms with Crippen LogP contribution in [-0.4, -0.2) is 11.9 Å². The largest absolute Gasteiger partial charge is 0.434 e. The molecule has 0 saturated carbocycles. The molecule has 1 aromatic heterocycles. The number of hydrogen-bond acceptors (Lipinski definition) is 2. The Labute approximate surface area is 159 Å². The first-order chi connectivity index (χ1) is 13.3. The molecular weight excluding hydrogens is 351 g/mol. The molecule has 3 aromatic carbocycles. The van der Waals surface area contributed by atoms with Crippen molar-refractivity contribution < 1.29 is 9.21 Å². The maximum atomic E-state index is 13.3. The summed E-state index contributed by atoms with van der Waals surface area (Å²) in [5, 5.41) is 2.30. The molecule has 1 heterocycles. The van der Waals surface area contributed by atoms with E-state index in [0.29, 0.717) is 6.16 Å². The lowest BCUT2D eigenvalue weighted by Crippen LogP contribution is -2.35. The van der Waals surface area contributed by atoms with E-state index in [2.05, 4.69) is 24.3 Å². The summed E-state index contributed by atoms with van der Waals surface area (Å²) >= 11 is 0. The van der Waals surface area contributed by atoms with E-state index in [1.165, 1.54) is 0 Å². The fourth-order valence-electron chi connectivity index (χ4n) is 3.45. The number of benzene rings is 3. The zero-order chi connectivity index (χ0) is 18.5. The van der Waals surface area contributed by atoms with E-state index >= 15 is 0 Å². The summed E-state index contributed by atoms with van der Waals surface area (Å²) in [6.45, 7) is 0. The van der Waals surface area contributed by atoms with Crippen LogP contribution < -0.4 is 16.1 Å². The topological polar surface area (TPSA) is 30.2 Å². The van der Waals surface area contributed by atoms with Gasteiger partial charge in [-0.3, -0.25) is 4.79 Å². The maximum absolute atomic E-state index is 13.3. The third kappa shape index (κ3) is 3.37. The van der Waals surface area contributed by atoms with E-state index in [1.54, 1.807) is 6.26 Å². The molecule has 0 fully saturated rings. The van der Waals surface area contributed by atoms with Crippen LogP contribution in [0.15, 0.2) is 114 Å². The standard InChI is InChI=1S/C24H20O2P/c25-23(20-11-4-1-5-12-20)19-27(24-17-10-18-26-24,21-13-6-2-7-14-21)22-15-8-3-9-16-22/h1-18H,19H2/q+1. The molecule has 0 atom stereocenters. The number of carbonyl (C=O) groups excluding carboxylic acids is 1. The van der Waals surface area contributed by atoms with Gasteiger partial charge in [0.05, 0.1) is 6.26 Å². The lowest BCUT2D eigenvalue weighted by Gasteiger charge is -2.24. The van der Waals surface area contributed by atoms with Crippen LogP contribution in [0.5, 0.6) is 0 Å². The SMILES string of the molecule is O=C(C[P+](c1ccccc1)(c1ccccc1)c1ccco1)c1ccccc1.